The second kappa shape index (κ2) is 6.72. The lowest BCUT2D eigenvalue weighted by Crippen LogP contribution is -2.21. The summed E-state index contributed by atoms with van der Waals surface area (Å²) in [6, 6.07) is 18.7. The molecule has 0 aliphatic carbocycles. The Bertz CT molecular complexity index is 1500. The second-order valence-electron chi connectivity index (χ2n) is 6.65. The van der Waals surface area contributed by atoms with Crippen LogP contribution in [0.4, 0.5) is 0 Å². The van der Waals surface area contributed by atoms with Gasteiger partial charge in [-0.1, -0.05) is 30.3 Å². The first-order valence-electron chi connectivity index (χ1n) is 9.07. The third-order valence-electron chi connectivity index (χ3n) is 4.81. The lowest BCUT2D eigenvalue weighted by molar-refractivity contribution is 1.01. The summed E-state index contributed by atoms with van der Waals surface area (Å²) in [6.45, 7) is 1.81. The number of thiophene rings is 1. The SMILES string of the molecule is C/C(=C/n1c(=O)c(-c2cccs2)nc2ccccc21)n1c(=O)[nH]c2ccccc21. The van der Waals surface area contributed by atoms with Gasteiger partial charge in [-0.25, -0.2) is 9.78 Å². The quantitative estimate of drug-likeness (QED) is 0.492. The largest absolute Gasteiger partial charge is 0.330 e. The molecular formula is C22H16N4O2S. The second-order valence-corrected chi connectivity index (χ2v) is 7.60. The number of hydrogen-bond acceptors (Lipinski definition) is 4. The summed E-state index contributed by atoms with van der Waals surface area (Å²) in [5.74, 6) is 0. The van der Waals surface area contributed by atoms with E-state index in [4.69, 9.17) is 0 Å². The molecule has 2 aromatic carbocycles. The van der Waals surface area contributed by atoms with Crippen LogP contribution in [0.15, 0.2) is 75.6 Å². The number of hydrogen-bond donors (Lipinski definition) is 1. The fraction of sp³-hybridized carbons (Fsp3) is 0.0455. The van der Waals surface area contributed by atoms with Gasteiger partial charge in [-0.15, -0.1) is 11.3 Å². The van der Waals surface area contributed by atoms with Gasteiger partial charge in [0, 0.05) is 11.9 Å². The molecule has 0 bridgehead atoms. The molecular weight excluding hydrogens is 384 g/mol. The minimum absolute atomic E-state index is 0.224. The lowest BCUT2D eigenvalue weighted by atomic mass is 10.2. The van der Waals surface area contributed by atoms with Crippen LogP contribution in [-0.2, 0) is 0 Å². The Morgan fingerprint density at radius 1 is 1.00 bits per heavy atom. The highest BCUT2D eigenvalue weighted by atomic mass is 32.1. The molecule has 0 aliphatic heterocycles. The van der Waals surface area contributed by atoms with Crippen LogP contribution >= 0.6 is 11.3 Å². The number of nitrogens with zero attached hydrogens (tertiary/aromatic N) is 3. The minimum Gasteiger partial charge on any atom is -0.305 e. The molecule has 0 radical (unpaired) electrons. The number of benzene rings is 2. The van der Waals surface area contributed by atoms with E-state index in [1.54, 1.807) is 15.3 Å². The topological polar surface area (TPSA) is 72.7 Å². The van der Waals surface area contributed by atoms with Crippen molar-refractivity contribution < 1.29 is 0 Å². The van der Waals surface area contributed by atoms with Crippen LogP contribution in [0.25, 0.3) is 44.5 Å². The van der Waals surface area contributed by atoms with Crippen molar-refractivity contribution in [1.82, 2.24) is 19.1 Å². The van der Waals surface area contributed by atoms with E-state index in [0.717, 1.165) is 15.9 Å². The van der Waals surface area contributed by atoms with Crippen molar-refractivity contribution >= 4 is 45.3 Å². The molecule has 0 saturated carbocycles. The van der Waals surface area contributed by atoms with Crippen molar-refractivity contribution in [2.45, 2.75) is 6.92 Å². The highest BCUT2D eigenvalue weighted by molar-refractivity contribution is 7.13. The van der Waals surface area contributed by atoms with E-state index < -0.39 is 0 Å². The van der Waals surface area contributed by atoms with Crippen LogP contribution in [0.3, 0.4) is 0 Å². The van der Waals surface area contributed by atoms with Gasteiger partial charge in [0.25, 0.3) is 5.56 Å². The van der Waals surface area contributed by atoms with Gasteiger partial charge in [0.2, 0.25) is 0 Å². The summed E-state index contributed by atoms with van der Waals surface area (Å²) >= 11 is 1.47. The van der Waals surface area contributed by atoms with E-state index in [1.165, 1.54) is 11.3 Å². The molecule has 0 fully saturated rings. The fourth-order valence-electron chi connectivity index (χ4n) is 3.51. The average Bonchev–Trinajstić information content (AvgIpc) is 3.37. The van der Waals surface area contributed by atoms with Crippen LogP contribution < -0.4 is 11.2 Å². The molecule has 5 aromatic rings. The molecule has 0 spiro atoms. The molecule has 142 valence electrons. The Kier molecular flexibility index (Phi) is 4.03. The predicted molar refractivity (Wildman–Crippen MR) is 118 cm³/mol. The summed E-state index contributed by atoms with van der Waals surface area (Å²) in [7, 11) is 0. The third kappa shape index (κ3) is 2.83. The predicted octanol–water partition coefficient (Wildman–Crippen LogP) is 4.24. The van der Waals surface area contributed by atoms with Gasteiger partial charge in [-0.3, -0.25) is 13.9 Å². The zero-order valence-corrected chi connectivity index (χ0v) is 16.3. The number of nitrogens with one attached hydrogen (secondary N) is 1. The summed E-state index contributed by atoms with van der Waals surface area (Å²) in [4.78, 5) is 34.1. The summed E-state index contributed by atoms with van der Waals surface area (Å²) in [5.41, 5.74) is 3.46. The summed E-state index contributed by atoms with van der Waals surface area (Å²) < 4.78 is 3.14. The van der Waals surface area contributed by atoms with E-state index in [-0.39, 0.29) is 11.2 Å². The minimum atomic E-state index is -0.246. The molecule has 0 aliphatic rings. The molecule has 1 N–H and O–H groups in total. The first-order chi connectivity index (χ1) is 14.1. The Morgan fingerprint density at radius 2 is 1.76 bits per heavy atom. The molecule has 0 atom stereocenters. The monoisotopic (exact) mass is 400 g/mol. The maximum absolute atomic E-state index is 13.3. The molecule has 29 heavy (non-hydrogen) atoms. The van der Waals surface area contributed by atoms with Crippen molar-refractivity contribution in [2.75, 3.05) is 0 Å². The highest BCUT2D eigenvalue weighted by Gasteiger charge is 2.14. The third-order valence-corrected chi connectivity index (χ3v) is 5.68. The van der Waals surface area contributed by atoms with Crippen LogP contribution in [-0.4, -0.2) is 19.1 Å². The van der Waals surface area contributed by atoms with Crippen LogP contribution in [0, 0.1) is 0 Å². The van der Waals surface area contributed by atoms with Crippen molar-refractivity contribution in [1.29, 1.82) is 0 Å². The van der Waals surface area contributed by atoms with Gasteiger partial charge in [-0.2, -0.15) is 0 Å². The molecule has 6 nitrogen and oxygen atoms in total. The smallest absolute Gasteiger partial charge is 0.305 e. The normalized spacial score (nSPS) is 12.1. The van der Waals surface area contributed by atoms with Crippen molar-refractivity contribution in [2.24, 2.45) is 0 Å². The van der Waals surface area contributed by atoms with Gasteiger partial charge in [0.05, 0.1) is 26.9 Å². The molecule has 7 heteroatoms. The van der Waals surface area contributed by atoms with Crippen molar-refractivity contribution in [3.8, 4) is 10.6 Å². The molecule has 0 saturated heterocycles. The number of aromatic amines is 1. The Labute approximate surface area is 169 Å². The summed E-state index contributed by atoms with van der Waals surface area (Å²) in [5, 5.41) is 1.92. The first kappa shape index (κ1) is 17.4. The average molecular weight is 400 g/mol. The number of H-pyrrole nitrogens is 1. The molecule has 3 heterocycles. The first-order valence-corrected chi connectivity index (χ1v) is 9.95. The Morgan fingerprint density at radius 3 is 2.55 bits per heavy atom. The van der Waals surface area contributed by atoms with E-state index in [1.807, 2.05) is 73.0 Å². The fourth-order valence-corrected chi connectivity index (χ4v) is 4.21. The zero-order valence-electron chi connectivity index (χ0n) is 15.5. The molecule has 3 aromatic heterocycles. The van der Waals surface area contributed by atoms with Gasteiger partial charge in [0.15, 0.2) is 0 Å². The zero-order chi connectivity index (χ0) is 20.0. The van der Waals surface area contributed by atoms with Gasteiger partial charge < -0.3 is 4.98 Å². The maximum atomic E-state index is 13.3. The standard InChI is InChI=1S/C22H16N4O2S/c1-14(26-18-10-5-3-8-16(18)24-22(26)28)13-25-17-9-4-2-7-15(17)23-20(21(25)27)19-11-6-12-29-19/h2-13H,1H3,(H,24,28)/b14-13-. The number of imidazole rings is 1. The number of rotatable bonds is 3. The molecule has 0 amide bonds. The number of para-hydroxylation sites is 4. The number of fused-ring (bicyclic) bond motifs is 2. The van der Waals surface area contributed by atoms with Crippen LogP contribution in [0.1, 0.15) is 6.92 Å². The van der Waals surface area contributed by atoms with Crippen molar-refractivity contribution in [3.05, 3.63) is 86.9 Å². The van der Waals surface area contributed by atoms with E-state index in [0.29, 0.717) is 22.4 Å². The van der Waals surface area contributed by atoms with Crippen molar-refractivity contribution in [3.63, 3.8) is 0 Å². The van der Waals surface area contributed by atoms with E-state index >= 15 is 0 Å². The van der Waals surface area contributed by atoms with E-state index in [2.05, 4.69) is 9.97 Å². The molecule has 5 rings (SSSR count). The highest BCUT2D eigenvalue weighted by Crippen LogP contribution is 2.23. The Balaban J connectivity index is 1.80. The Hall–Kier alpha value is -3.71. The van der Waals surface area contributed by atoms with Gasteiger partial charge in [0.1, 0.15) is 5.69 Å². The van der Waals surface area contributed by atoms with Gasteiger partial charge >= 0.3 is 5.69 Å². The van der Waals surface area contributed by atoms with Crippen LogP contribution in [0.5, 0.6) is 0 Å². The lowest BCUT2D eigenvalue weighted by Gasteiger charge is -2.10. The summed E-state index contributed by atoms with van der Waals surface area (Å²) in [6.07, 6.45) is 1.70. The van der Waals surface area contributed by atoms with Gasteiger partial charge in [-0.05, 0) is 42.6 Å². The maximum Gasteiger partial charge on any atom is 0.330 e. The van der Waals surface area contributed by atoms with Crippen LogP contribution in [0.2, 0.25) is 0 Å². The number of aromatic nitrogens is 4. The molecule has 0 unspecified atom stereocenters. The number of allylic oxidation sites excluding steroid dienone is 1. The van der Waals surface area contributed by atoms with E-state index in [9.17, 15) is 9.59 Å².